The Kier molecular flexibility index (Phi) is 6.77. The van der Waals surface area contributed by atoms with Crippen LogP contribution in [0.25, 0.3) is 0 Å². The van der Waals surface area contributed by atoms with E-state index in [1.54, 1.807) is 0 Å². The van der Waals surface area contributed by atoms with Gasteiger partial charge < -0.3 is 10.6 Å². The van der Waals surface area contributed by atoms with Crippen LogP contribution in [0.3, 0.4) is 0 Å². The van der Waals surface area contributed by atoms with Crippen LogP contribution in [-0.2, 0) is 16.0 Å². The zero-order chi connectivity index (χ0) is 15.0. The van der Waals surface area contributed by atoms with Crippen molar-refractivity contribution in [3.8, 4) is 0 Å². The molecule has 1 atom stereocenters. The normalized spacial score (nSPS) is 11.8. The Morgan fingerprint density at radius 2 is 1.70 bits per heavy atom. The molecule has 2 N–H and O–H groups in total. The summed E-state index contributed by atoms with van der Waals surface area (Å²) in [4.78, 5) is 22.5. The largest absolute Gasteiger partial charge is 0.355 e. The molecule has 0 bridgehead atoms. The van der Waals surface area contributed by atoms with Crippen LogP contribution in [0, 0.1) is 0 Å². The second kappa shape index (κ2) is 8.35. The van der Waals surface area contributed by atoms with Gasteiger partial charge in [0.15, 0.2) is 0 Å². The van der Waals surface area contributed by atoms with Crippen LogP contribution >= 0.6 is 0 Å². The second-order valence-electron chi connectivity index (χ2n) is 5.03. The monoisotopic (exact) mass is 276 g/mol. The summed E-state index contributed by atoms with van der Waals surface area (Å²) in [5.74, 6) is 0.132. The van der Waals surface area contributed by atoms with Crippen molar-refractivity contribution in [1.82, 2.24) is 10.6 Å². The van der Waals surface area contributed by atoms with Crippen LogP contribution in [-0.4, -0.2) is 24.9 Å². The molecule has 110 valence electrons. The molecule has 4 heteroatoms. The highest BCUT2D eigenvalue weighted by Gasteiger charge is 2.10. The predicted octanol–water partition coefficient (Wildman–Crippen LogP) is 1.99. The van der Waals surface area contributed by atoms with Gasteiger partial charge in [-0.1, -0.05) is 38.1 Å². The third-order valence-electron chi connectivity index (χ3n) is 3.27. The molecule has 1 aromatic carbocycles. The van der Waals surface area contributed by atoms with Crippen LogP contribution in [0.4, 0.5) is 0 Å². The molecule has 0 aliphatic rings. The first kappa shape index (κ1) is 16.2. The number of amides is 2. The van der Waals surface area contributed by atoms with E-state index in [9.17, 15) is 9.59 Å². The maximum Gasteiger partial charge on any atom is 0.220 e. The minimum atomic E-state index is -0.0800. The lowest BCUT2D eigenvalue weighted by molar-refractivity contribution is -0.122. The van der Waals surface area contributed by atoms with Gasteiger partial charge in [0.05, 0.1) is 0 Å². The number of benzene rings is 1. The third-order valence-corrected chi connectivity index (χ3v) is 3.27. The summed E-state index contributed by atoms with van der Waals surface area (Å²) in [5, 5.41) is 5.45. The van der Waals surface area contributed by atoms with E-state index in [2.05, 4.69) is 41.8 Å². The highest BCUT2D eigenvalue weighted by Crippen LogP contribution is 2.19. The number of carbonyl (C=O) groups is 2. The number of carbonyl (C=O) groups excluding carboxylic acids is 2. The average Bonchev–Trinajstić information content (AvgIpc) is 2.43. The fourth-order valence-electron chi connectivity index (χ4n) is 1.99. The molecule has 20 heavy (non-hydrogen) atoms. The summed E-state index contributed by atoms with van der Waals surface area (Å²) < 4.78 is 0. The summed E-state index contributed by atoms with van der Waals surface area (Å²) >= 11 is 0. The molecule has 0 aliphatic carbocycles. The number of nitrogens with one attached hydrogen (secondary N) is 2. The molecule has 0 radical (unpaired) electrons. The first-order valence-electron chi connectivity index (χ1n) is 7.13. The lowest BCUT2D eigenvalue weighted by atomic mass is 9.96. The summed E-state index contributed by atoms with van der Waals surface area (Å²) in [6, 6.07) is 8.41. The Hall–Kier alpha value is -1.84. The van der Waals surface area contributed by atoms with Crippen molar-refractivity contribution in [2.75, 3.05) is 13.1 Å². The minimum absolute atomic E-state index is 0.0161. The number of aryl methyl sites for hydroxylation is 1. The van der Waals surface area contributed by atoms with Crippen molar-refractivity contribution in [3.05, 3.63) is 35.4 Å². The SMILES string of the molecule is CCc1ccc(C(C)CC(=O)NCCNC(C)=O)cc1. The lowest BCUT2D eigenvalue weighted by Crippen LogP contribution is -2.34. The van der Waals surface area contributed by atoms with Crippen LogP contribution in [0.2, 0.25) is 0 Å². The smallest absolute Gasteiger partial charge is 0.220 e. The molecule has 1 aromatic rings. The molecular weight excluding hydrogens is 252 g/mol. The van der Waals surface area contributed by atoms with Crippen molar-refractivity contribution in [1.29, 1.82) is 0 Å². The maximum atomic E-state index is 11.8. The van der Waals surface area contributed by atoms with Gasteiger partial charge in [0.1, 0.15) is 0 Å². The fraction of sp³-hybridized carbons (Fsp3) is 0.500. The van der Waals surface area contributed by atoms with Crippen molar-refractivity contribution >= 4 is 11.8 Å². The molecule has 1 unspecified atom stereocenters. The van der Waals surface area contributed by atoms with Gasteiger partial charge in [0.2, 0.25) is 11.8 Å². The molecule has 0 saturated heterocycles. The third kappa shape index (κ3) is 5.87. The van der Waals surface area contributed by atoms with Gasteiger partial charge in [-0.3, -0.25) is 9.59 Å². The maximum absolute atomic E-state index is 11.8. The topological polar surface area (TPSA) is 58.2 Å². The average molecular weight is 276 g/mol. The molecule has 0 aromatic heterocycles. The van der Waals surface area contributed by atoms with E-state index < -0.39 is 0 Å². The quantitative estimate of drug-likeness (QED) is 0.748. The van der Waals surface area contributed by atoms with Crippen LogP contribution in [0.5, 0.6) is 0 Å². The number of hydrogen-bond acceptors (Lipinski definition) is 2. The van der Waals surface area contributed by atoms with Crippen LogP contribution in [0.15, 0.2) is 24.3 Å². The summed E-state index contributed by atoms with van der Waals surface area (Å²) in [6.45, 7) is 6.58. The molecule has 2 amide bonds. The van der Waals surface area contributed by atoms with Gasteiger partial charge in [0.25, 0.3) is 0 Å². The fourth-order valence-corrected chi connectivity index (χ4v) is 1.99. The van der Waals surface area contributed by atoms with E-state index in [1.807, 2.05) is 6.92 Å². The summed E-state index contributed by atoms with van der Waals surface area (Å²) in [7, 11) is 0. The lowest BCUT2D eigenvalue weighted by Gasteiger charge is -2.12. The first-order chi connectivity index (χ1) is 9.52. The summed E-state index contributed by atoms with van der Waals surface area (Å²) in [6.07, 6.45) is 1.49. The number of hydrogen-bond donors (Lipinski definition) is 2. The Labute approximate surface area is 121 Å². The van der Waals surface area contributed by atoms with E-state index in [0.717, 1.165) is 6.42 Å². The highest BCUT2D eigenvalue weighted by molar-refractivity contribution is 5.77. The Morgan fingerprint density at radius 1 is 1.10 bits per heavy atom. The van der Waals surface area contributed by atoms with Gasteiger partial charge in [-0.05, 0) is 23.5 Å². The summed E-state index contributed by atoms with van der Waals surface area (Å²) in [5.41, 5.74) is 2.49. The van der Waals surface area contributed by atoms with Crippen molar-refractivity contribution in [2.24, 2.45) is 0 Å². The molecule has 0 fully saturated rings. The van der Waals surface area contributed by atoms with E-state index in [0.29, 0.717) is 19.5 Å². The highest BCUT2D eigenvalue weighted by atomic mass is 16.2. The van der Waals surface area contributed by atoms with Gasteiger partial charge in [-0.15, -0.1) is 0 Å². The van der Waals surface area contributed by atoms with Gasteiger partial charge in [-0.25, -0.2) is 0 Å². The van der Waals surface area contributed by atoms with Crippen molar-refractivity contribution < 1.29 is 9.59 Å². The van der Waals surface area contributed by atoms with E-state index in [4.69, 9.17) is 0 Å². The first-order valence-corrected chi connectivity index (χ1v) is 7.13. The van der Waals surface area contributed by atoms with Gasteiger partial charge in [0, 0.05) is 26.4 Å². The Balaban J connectivity index is 2.34. The molecule has 0 aliphatic heterocycles. The van der Waals surface area contributed by atoms with Crippen molar-refractivity contribution in [3.63, 3.8) is 0 Å². The zero-order valence-electron chi connectivity index (χ0n) is 12.5. The molecule has 0 spiro atoms. The standard InChI is InChI=1S/C16H24N2O2/c1-4-14-5-7-15(8-6-14)12(2)11-16(20)18-10-9-17-13(3)19/h5-8,12H,4,9-11H2,1-3H3,(H,17,19)(H,18,20). The molecule has 0 saturated carbocycles. The van der Waals surface area contributed by atoms with E-state index in [-0.39, 0.29) is 17.7 Å². The second-order valence-corrected chi connectivity index (χ2v) is 5.03. The Morgan fingerprint density at radius 3 is 2.25 bits per heavy atom. The Bertz CT molecular complexity index is 440. The van der Waals surface area contributed by atoms with E-state index >= 15 is 0 Å². The zero-order valence-corrected chi connectivity index (χ0v) is 12.5. The van der Waals surface area contributed by atoms with Gasteiger partial charge >= 0.3 is 0 Å². The van der Waals surface area contributed by atoms with Gasteiger partial charge in [-0.2, -0.15) is 0 Å². The molecular formula is C16H24N2O2. The molecule has 0 heterocycles. The minimum Gasteiger partial charge on any atom is -0.355 e. The van der Waals surface area contributed by atoms with Crippen LogP contribution < -0.4 is 10.6 Å². The van der Waals surface area contributed by atoms with Crippen LogP contribution in [0.1, 0.15) is 44.2 Å². The molecule has 4 nitrogen and oxygen atoms in total. The van der Waals surface area contributed by atoms with E-state index in [1.165, 1.54) is 18.1 Å². The van der Waals surface area contributed by atoms with Crippen molar-refractivity contribution in [2.45, 2.75) is 39.5 Å². The predicted molar refractivity (Wildman–Crippen MR) is 80.5 cm³/mol. The molecule has 1 rings (SSSR count). The number of rotatable bonds is 7.